The number of amides is 2. The highest BCUT2D eigenvalue weighted by molar-refractivity contribution is 7.85. The number of urea groups is 1. The number of hydrogen-bond donors (Lipinski definition) is 3. The van der Waals surface area contributed by atoms with E-state index >= 15 is 0 Å². The van der Waals surface area contributed by atoms with Gasteiger partial charge in [-0.05, 0) is 37.3 Å². The van der Waals surface area contributed by atoms with Gasteiger partial charge in [-0.15, -0.1) is 0 Å². The maximum absolute atomic E-state index is 12.1. The summed E-state index contributed by atoms with van der Waals surface area (Å²) in [6.45, 7) is 2.04. The zero-order chi connectivity index (χ0) is 33.0. The summed E-state index contributed by atoms with van der Waals surface area (Å²) in [4.78, 5) is 29.7. The van der Waals surface area contributed by atoms with Crippen LogP contribution in [0.3, 0.4) is 0 Å². The Bertz CT molecular complexity index is 1720. The zero-order valence-corrected chi connectivity index (χ0v) is 25.5. The summed E-state index contributed by atoms with van der Waals surface area (Å²) in [5.74, 6) is 1.00. The molecule has 18 heteroatoms. The molecule has 4 N–H and O–H groups in total. The number of carbonyl (C=O) groups is 1. The molecule has 16 nitrogen and oxygen atoms in total. The summed E-state index contributed by atoms with van der Waals surface area (Å²) in [6.07, 6.45) is 0. The molecule has 0 aliphatic carbocycles. The largest absolute Gasteiger partial charge is 0.490 e. The van der Waals surface area contributed by atoms with Crippen LogP contribution in [0.25, 0.3) is 0 Å². The van der Waals surface area contributed by atoms with Gasteiger partial charge in [0.2, 0.25) is 17.7 Å². The van der Waals surface area contributed by atoms with Crippen molar-refractivity contribution in [2.45, 2.75) is 6.92 Å². The molecule has 0 saturated carbocycles. The van der Waals surface area contributed by atoms with E-state index in [9.17, 15) is 23.3 Å². The zero-order valence-electron chi connectivity index (χ0n) is 23.9. The molecule has 0 radical (unpaired) electrons. The van der Waals surface area contributed by atoms with Gasteiger partial charge < -0.3 is 28.9 Å². The highest BCUT2D eigenvalue weighted by Gasteiger charge is 2.21. The molecular formula is C27H27ClN6O10S. The van der Waals surface area contributed by atoms with Crippen LogP contribution in [0.5, 0.6) is 34.8 Å². The minimum absolute atomic E-state index is 0.0352. The molecule has 4 rings (SSSR count). The molecule has 0 aliphatic heterocycles. The van der Waals surface area contributed by atoms with Gasteiger partial charge in [0, 0.05) is 6.07 Å². The Hall–Kier alpha value is -5.55. The lowest BCUT2D eigenvalue weighted by molar-refractivity contribution is -0.383. The normalized spacial score (nSPS) is 10.4. The van der Waals surface area contributed by atoms with Crippen LogP contribution in [0.2, 0.25) is 5.02 Å². The minimum Gasteiger partial charge on any atom is -0.490 e. The molecule has 238 valence electrons. The fourth-order valence-corrected chi connectivity index (χ4v) is 4.15. The quantitative estimate of drug-likeness (QED) is 0.110. The molecule has 0 atom stereocenters. The van der Waals surface area contributed by atoms with Gasteiger partial charge in [-0.1, -0.05) is 41.9 Å². The maximum Gasteiger partial charge on any atom is 0.411 e. The van der Waals surface area contributed by atoms with Gasteiger partial charge >= 0.3 is 16.3 Å². The first-order valence-electron chi connectivity index (χ1n) is 12.6. The number of nitrogens with two attached hydrogens (primary N) is 1. The molecule has 1 heterocycles. The number of halogens is 1. The van der Waals surface area contributed by atoms with Gasteiger partial charge in [0.15, 0.2) is 11.5 Å². The van der Waals surface area contributed by atoms with E-state index in [2.05, 4.69) is 15.3 Å². The van der Waals surface area contributed by atoms with Crippen molar-refractivity contribution in [1.82, 2.24) is 14.7 Å². The lowest BCUT2D eigenvalue weighted by Gasteiger charge is -2.12. The number of benzene rings is 3. The molecule has 0 saturated heterocycles. The SMILES string of the molecule is CCOc1ccccc1OS(=O)(=O)NC(=O)Nc1nc(OC)cc(OC)n1.Nc1c([N+](=O)[O-])ccc(Oc2ccccc2)c1Cl. The average molecular weight is 663 g/mol. The standard InChI is InChI=1S/C15H18N4O7S.C12H9ClN2O3/c1-4-25-10-7-5-6-8-11(10)26-27(21,22)19-15(20)18-14-16-12(23-2)9-13(17-14)24-3;13-11-10(18-8-4-2-1-3-5-8)7-6-9(12(11)14)15(16)17/h5-9H,4H2,1-3H3,(H2,16,17,18,19,20);1-7H,14H2. The molecule has 1 aromatic heterocycles. The van der Waals surface area contributed by atoms with Crippen molar-refractivity contribution in [3.05, 3.63) is 87.9 Å². The number of para-hydroxylation sites is 3. The summed E-state index contributed by atoms with van der Waals surface area (Å²) in [6, 6.07) is 18.0. The average Bonchev–Trinajstić information content (AvgIpc) is 3.00. The van der Waals surface area contributed by atoms with E-state index in [-0.39, 0.29) is 51.4 Å². The van der Waals surface area contributed by atoms with Gasteiger partial charge in [0.1, 0.15) is 22.2 Å². The van der Waals surface area contributed by atoms with Crippen molar-refractivity contribution in [2.24, 2.45) is 0 Å². The van der Waals surface area contributed by atoms with Gasteiger partial charge in [-0.3, -0.25) is 15.4 Å². The van der Waals surface area contributed by atoms with Gasteiger partial charge in [-0.2, -0.15) is 18.4 Å². The topological polar surface area (TPSA) is 216 Å². The van der Waals surface area contributed by atoms with E-state index in [1.54, 1.807) is 48.0 Å². The third kappa shape index (κ3) is 10.0. The van der Waals surface area contributed by atoms with Crippen LogP contribution >= 0.6 is 11.6 Å². The first kappa shape index (κ1) is 33.9. The van der Waals surface area contributed by atoms with E-state index in [0.29, 0.717) is 12.4 Å². The van der Waals surface area contributed by atoms with Crippen LogP contribution in [0, 0.1) is 10.1 Å². The number of nitro groups is 1. The number of nitro benzene ring substituents is 1. The third-order valence-corrected chi connectivity index (χ3v) is 6.40. The summed E-state index contributed by atoms with van der Waals surface area (Å²) in [5.41, 5.74) is 5.25. The number of nitrogens with one attached hydrogen (secondary N) is 2. The fraction of sp³-hybridized carbons (Fsp3) is 0.148. The predicted molar refractivity (Wildman–Crippen MR) is 163 cm³/mol. The van der Waals surface area contributed by atoms with E-state index in [4.69, 9.17) is 40.5 Å². The molecule has 3 aromatic carbocycles. The number of anilines is 2. The van der Waals surface area contributed by atoms with Crippen LogP contribution in [0.4, 0.5) is 22.1 Å². The number of aromatic nitrogens is 2. The van der Waals surface area contributed by atoms with Crippen LogP contribution in [0.15, 0.2) is 72.8 Å². The van der Waals surface area contributed by atoms with Crippen molar-refractivity contribution >= 4 is 45.3 Å². The second-order valence-corrected chi connectivity index (χ2v) is 9.89. The van der Waals surface area contributed by atoms with E-state index in [1.165, 1.54) is 44.6 Å². The summed E-state index contributed by atoms with van der Waals surface area (Å²) in [7, 11) is -1.76. The van der Waals surface area contributed by atoms with E-state index < -0.39 is 21.3 Å². The molecule has 45 heavy (non-hydrogen) atoms. The van der Waals surface area contributed by atoms with Crippen LogP contribution < -0.4 is 38.9 Å². The molecule has 0 bridgehead atoms. The minimum atomic E-state index is -4.49. The first-order valence-corrected chi connectivity index (χ1v) is 14.4. The van der Waals surface area contributed by atoms with Crippen molar-refractivity contribution in [1.29, 1.82) is 0 Å². The van der Waals surface area contributed by atoms with Crippen LogP contribution in [0.1, 0.15) is 6.92 Å². The number of hydrogen-bond acceptors (Lipinski definition) is 13. The van der Waals surface area contributed by atoms with Crippen LogP contribution in [-0.2, 0) is 10.3 Å². The van der Waals surface area contributed by atoms with Crippen molar-refractivity contribution in [2.75, 3.05) is 31.9 Å². The Balaban J connectivity index is 0.000000265. The van der Waals surface area contributed by atoms with E-state index in [1.807, 2.05) is 6.07 Å². The highest BCUT2D eigenvalue weighted by atomic mass is 35.5. The molecular weight excluding hydrogens is 636 g/mol. The Morgan fingerprint density at radius 1 is 0.956 bits per heavy atom. The van der Waals surface area contributed by atoms with Gasteiger partial charge in [0.25, 0.3) is 5.69 Å². The van der Waals surface area contributed by atoms with E-state index in [0.717, 1.165) is 0 Å². The molecule has 0 aliphatic rings. The number of ether oxygens (including phenoxy) is 4. The number of rotatable bonds is 11. The number of nitrogen functional groups attached to an aromatic ring is 1. The third-order valence-electron chi connectivity index (χ3n) is 5.18. The summed E-state index contributed by atoms with van der Waals surface area (Å²) < 4.78 is 51.3. The molecule has 2 amide bonds. The Kier molecular flexibility index (Phi) is 11.9. The lowest BCUT2D eigenvalue weighted by Crippen LogP contribution is -2.37. The number of carbonyl (C=O) groups excluding carboxylic acids is 1. The Morgan fingerprint density at radius 2 is 1.56 bits per heavy atom. The van der Waals surface area contributed by atoms with Crippen molar-refractivity contribution < 1.29 is 41.3 Å². The van der Waals surface area contributed by atoms with Gasteiger partial charge in [0.05, 0.1) is 31.8 Å². The molecule has 0 spiro atoms. The monoisotopic (exact) mass is 662 g/mol. The number of nitrogens with zero attached hydrogens (tertiary/aromatic N) is 3. The van der Waals surface area contributed by atoms with Gasteiger partial charge in [-0.25, -0.2) is 9.52 Å². The van der Waals surface area contributed by atoms with Crippen LogP contribution in [-0.4, -0.2) is 50.2 Å². The summed E-state index contributed by atoms with van der Waals surface area (Å²) >= 11 is 5.94. The summed E-state index contributed by atoms with van der Waals surface area (Å²) in [5, 5.41) is 12.9. The fourth-order valence-electron chi connectivity index (χ4n) is 3.26. The van der Waals surface area contributed by atoms with Crippen molar-refractivity contribution in [3.8, 4) is 34.8 Å². The molecule has 0 unspecified atom stereocenters. The Morgan fingerprint density at radius 3 is 2.13 bits per heavy atom. The number of methoxy groups -OCH3 is 2. The maximum atomic E-state index is 12.1. The second kappa shape index (κ2) is 15.8. The predicted octanol–water partition coefficient (Wildman–Crippen LogP) is 4.96. The smallest absolute Gasteiger partial charge is 0.411 e. The Labute approximate surface area is 262 Å². The molecule has 0 fully saturated rings. The van der Waals surface area contributed by atoms with Crippen molar-refractivity contribution in [3.63, 3.8) is 0 Å². The highest BCUT2D eigenvalue weighted by Crippen LogP contribution is 2.38. The first-order chi connectivity index (χ1) is 21.5. The second-order valence-electron chi connectivity index (χ2n) is 8.23. The molecule has 4 aromatic rings. The lowest BCUT2D eigenvalue weighted by atomic mass is 10.2.